The quantitative estimate of drug-likeness (QED) is 0.781. The predicted octanol–water partition coefficient (Wildman–Crippen LogP) is 3.23. The summed E-state index contributed by atoms with van der Waals surface area (Å²) in [5.74, 6) is 0.667. The number of nitrogens with one attached hydrogen (secondary N) is 1. The first kappa shape index (κ1) is 18.7. The number of piperidine rings is 1. The minimum Gasteiger partial charge on any atom is -0.342 e. The zero-order chi connectivity index (χ0) is 13.4. The number of halogens is 1. The van der Waals surface area contributed by atoms with Gasteiger partial charge in [0.25, 0.3) is 0 Å². The molecule has 0 bridgehead atoms. The van der Waals surface area contributed by atoms with Crippen LogP contribution in [0.4, 0.5) is 0 Å². The van der Waals surface area contributed by atoms with Gasteiger partial charge in [-0.05, 0) is 39.2 Å². The summed E-state index contributed by atoms with van der Waals surface area (Å²) in [6, 6.07) is 0.493. The lowest BCUT2D eigenvalue weighted by Gasteiger charge is -2.32. The molecule has 0 aromatic carbocycles. The second-order valence-electron chi connectivity index (χ2n) is 5.61. The molecule has 1 N–H and O–H groups in total. The fraction of sp³-hybridized carbons (Fsp3) is 0.933. The molecule has 0 aromatic rings. The fourth-order valence-corrected chi connectivity index (χ4v) is 2.64. The number of carbonyl (C=O) groups is 1. The van der Waals surface area contributed by atoms with Gasteiger partial charge in [0, 0.05) is 25.0 Å². The summed E-state index contributed by atoms with van der Waals surface area (Å²) < 4.78 is 0. The molecule has 0 saturated carbocycles. The highest BCUT2D eigenvalue weighted by Gasteiger charge is 2.27. The van der Waals surface area contributed by atoms with Gasteiger partial charge in [-0.15, -0.1) is 12.4 Å². The molecule has 0 unspecified atom stereocenters. The summed E-state index contributed by atoms with van der Waals surface area (Å²) in [5.41, 5.74) is 0. The molecule has 1 aliphatic rings. The molecule has 1 amide bonds. The number of carbonyl (C=O) groups excluding carboxylic acids is 1. The van der Waals surface area contributed by atoms with Crippen molar-refractivity contribution in [1.82, 2.24) is 10.2 Å². The van der Waals surface area contributed by atoms with Crippen LogP contribution in [0.2, 0.25) is 0 Å². The van der Waals surface area contributed by atoms with Gasteiger partial charge in [-0.25, -0.2) is 0 Å². The van der Waals surface area contributed by atoms with Crippen LogP contribution in [0.25, 0.3) is 0 Å². The lowest BCUT2D eigenvalue weighted by atomic mass is 9.92. The molecule has 1 heterocycles. The summed E-state index contributed by atoms with van der Waals surface area (Å²) in [5, 5.41) is 3.42. The third-order valence-corrected chi connectivity index (χ3v) is 3.85. The fourth-order valence-electron chi connectivity index (χ4n) is 2.64. The summed E-state index contributed by atoms with van der Waals surface area (Å²) in [4.78, 5) is 14.7. The lowest BCUT2D eigenvalue weighted by molar-refractivity contribution is -0.136. The van der Waals surface area contributed by atoms with E-state index in [2.05, 4.69) is 31.0 Å². The number of hydrogen-bond donors (Lipinski definition) is 1. The maximum atomic E-state index is 12.6. The molecule has 2 atom stereocenters. The van der Waals surface area contributed by atoms with Gasteiger partial charge in [0.2, 0.25) is 5.91 Å². The molecule has 1 saturated heterocycles. The van der Waals surface area contributed by atoms with Crippen LogP contribution in [-0.2, 0) is 4.79 Å². The van der Waals surface area contributed by atoms with Gasteiger partial charge in [-0.2, -0.15) is 0 Å². The van der Waals surface area contributed by atoms with Crippen molar-refractivity contribution in [2.45, 2.75) is 65.3 Å². The van der Waals surface area contributed by atoms with E-state index in [1.54, 1.807) is 0 Å². The van der Waals surface area contributed by atoms with Crippen molar-refractivity contribution in [3.8, 4) is 0 Å². The topological polar surface area (TPSA) is 32.3 Å². The van der Waals surface area contributed by atoms with Crippen LogP contribution in [0.1, 0.15) is 59.3 Å². The smallest absolute Gasteiger partial charge is 0.225 e. The molecule has 0 spiro atoms. The minimum absolute atomic E-state index is 0. The first-order valence-corrected chi connectivity index (χ1v) is 7.71. The van der Waals surface area contributed by atoms with Crippen molar-refractivity contribution in [1.29, 1.82) is 0 Å². The second kappa shape index (κ2) is 10.5. The first-order valence-electron chi connectivity index (χ1n) is 7.71. The van der Waals surface area contributed by atoms with Crippen LogP contribution in [0.5, 0.6) is 0 Å². The summed E-state index contributed by atoms with van der Waals surface area (Å²) >= 11 is 0. The maximum absolute atomic E-state index is 12.6. The van der Waals surface area contributed by atoms with E-state index < -0.39 is 0 Å². The van der Waals surface area contributed by atoms with Crippen LogP contribution < -0.4 is 5.32 Å². The Hall–Kier alpha value is -0.280. The highest BCUT2D eigenvalue weighted by Crippen LogP contribution is 2.19. The molecule has 19 heavy (non-hydrogen) atoms. The Balaban J connectivity index is 0.00000324. The normalized spacial score (nSPS) is 22.7. The van der Waals surface area contributed by atoms with Gasteiger partial charge in [0.05, 0.1) is 0 Å². The molecule has 3 nitrogen and oxygen atoms in total. The summed E-state index contributed by atoms with van der Waals surface area (Å²) in [6.07, 6.45) is 6.62. The van der Waals surface area contributed by atoms with Crippen LogP contribution in [0, 0.1) is 5.92 Å². The largest absolute Gasteiger partial charge is 0.342 e. The van der Waals surface area contributed by atoms with Crippen LogP contribution in [0.3, 0.4) is 0 Å². The Morgan fingerprint density at radius 2 is 1.79 bits per heavy atom. The van der Waals surface area contributed by atoms with Gasteiger partial charge < -0.3 is 10.2 Å². The number of nitrogens with zero attached hydrogens (tertiary/aromatic N) is 1. The molecular weight excluding hydrogens is 260 g/mol. The van der Waals surface area contributed by atoms with E-state index in [1.165, 1.54) is 12.8 Å². The van der Waals surface area contributed by atoms with Crippen LogP contribution in [0.15, 0.2) is 0 Å². The van der Waals surface area contributed by atoms with E-state index in [0.717, 1.165) is 45.3 Å². The van der Waals surface area contributed by atoms with Gasteiger partial charge in [0.15, 0.2) is 0 Å². The zero-order valence-electron chi connectivity index (χ0n) is 12.8. The van der Waals surface area contributed by atoms with Crippen molar-refractivity contribution < 1.29 is 4.79 Å². The zero-order valence-corrected chi connectivity index (χ0v) is 13.6. The van der Waals surface area contributed by atoms with Gasteiger partial charge >= 0.3 is 0 Å². The number of rotatable bonds is 7. The second-order valence-corrected chi connectivity index (χ2v) is 5.61. The van der Waals surface area contributed by atoms with Gasteiger partial charge in [-0.1, -0.05) is 26.7 Å². The lowest BCUT2D eigenvalue weighted by Crippen LogP contribution is -2.44. The Morgan fingerprint density at radius 1 is 1.21 bits per heavy atom. The minimum atomic E-state index is 0. The SMILES string of the molecule is CCCCN(CCCC)C(=O)[C@H]1CCN[C@@H](C)C1.Cl. The van der Waals surface area contributed by atoms with E-state index in [9.17, 15) is 4.79 Å². The molecular formula is C15H31ClN2O. The molecule has 1 fully saturated rings. The highest BCUT2D eigenvalue weighted by molar-refractivity contribution is 5.85. The number of amides is 1. The average molecular weight is 291 g/mol. The van der Waals surface area contributed by atoms with E-state index in [-0.39, 0.29) is 18.3 Å². The van der Waals surface area contributed by atoms with Crippen molar-refractivity contribution >= 4 is 18.3 Å². The Morgan fingerprint density at radius 3 is 2.26 bits per heavy atom. The number of unbranched alkanes of at least 4 members (excludes halogenated alkanes) is 2. The average Bonchev–Trinajstić information content (AvgIpc) is 2.38. The van der Waals surface area contributed by atoms with Gasteiger partial charge in [0.1, 0.15) is 0 Å². The van der Waals surface area contributed by atoms with Crippen molar-refractivity contribution in [2.75, 3.05) is 19.6 Å². The van der Waals surface area contributed by atoms with E-state index in [1.807, 2.05) is 0 Å². The highest BCUT2D eigenvalue weighted by atomic mass is 35.5. The molecule has 4 heteroatoms. The van der Waals surface area contributed by atoms with E-state index in [4.69, 9.17) is 0 Å². The van der Waals surface area contributed by atoms with E-state index >= 15 is 0 Å². The summed E-state index contributed by atoms with van der Waals surface area (Å²) in [7, 11) is 0. The standard InChI is InChI=1S/C15H30N2O.ClH/c1-4-6-10-17(11-7-5-2)15(18)14-8-9-16-13(3)12-14;/h13-14,16H,4-12H2,1-3H3;1H/t13-,14-;/m0./s1. The van der Waals surface area contributed by atoms with Crippen molar-refractivity contribution in [3.63, 3.8) is 0 Å². The number of hydrogen-bond acceptors (Lipinski definition) is 2. The van der Waals surface area contributed by atoms with Crippen LogP contribution >= 0.6 is 12.4 Å². The Labute approximate surface area is 124 Å². The third kappa shape index (κ3) is 6.62. The molecule has 114 valence electrons. The van der Waals surface area contributed by atoms with Crippen molar-refractivity contribution in [2.24, 2.45) is 5.92 Å². The van der Waals surface area contributed by atoms with Crippen molar-refractivity contribution in [3.05, 3.63) is 0 Å². The molecule has 1 aliphatic heterocycles. The Bertz CT molecular complexity index is 240. The molecule has 0 aromatic heterocycles. The molecule has 0 radical (unpaired) electrons. The third-order valence-electron chi connectivity index (χ3n) is 3.85. The predicted molar refractivity (Wildman–Crippen MR) is 83.8 cm³/mol. The maximum Gasteiger partial charge on any atom is 0.225 e. The van der Waals surface area contributed by atoms with Crippen LogP contribution in [-0.4, -0.2) is 36.5 Å². The Kier molecular flexibility index (Phi) is 10.3. The summed E-state index contributed by atoms with van der Waals surface area (Å²) in [6.45, 7) is 9.46. The van der Waals surface area contributed by atoms with Gasteiger partial charge in [-0.3, -0.25) is 4.79 Å². The molecule has 0 aliphatic carbocycles. The molecule has 1 rings (SSSR count). The van der Waals surface area contributed by atoms with E-state index in [0.29, 0.717) is 11.9 Å². The monoisotopic (exact) mass is 290 g/mol. The first-order chi connectivity index (χ1) is 8.69.